The van der Waals surface area contributed by atoms with Gasteiger partial charge in [-0.3, -0.25) is 4.98 Å². The van der Waals surface area contributed by atoms with E-state index in [9.17, 15) is 0 Å². The van der Waals surface area contributed by atoms with Crippen molar-refractivity contribution in [2.75, 3.05) is 6.54 Å². The van der Waals surface area contributed by atoms with Gasteiger partial charge in [0.2, 0.25) is 0 Å². The van der Waals surface area contributed by atoms with Crippen molar-refractivity contribution in [3.63, 3.8) is 0 Å². The minimum Gasteiger partial charge on any atom is -0.467 e. The number of aromatic nitrogens is 1. The van der Waals surface area contributed by atoms with E-state index in [4.69, 9.17) is 4.42 Å². The summed E-state index contributed by atoms with van der Waals surface area (Å²) in [7, 11) is 0. The predicted molar refractivity (Wildman–Crippen MR) is 76.8 cm³/mol. The molecule has 96 valence electrons. The minimum atomic E-state index is 0.738. The van der Waals surface area contributed by atoms with Gasteiger partial charge in [-0.25, -0.2) is 0 Å². The number of nitrogens with one attached hydrogen (secondary N) is 1. The van der Waals surface area contributed by atoms with E-state index in [0.717, 1.165) is 40.9 Å². The third-order valence-electron chi connectivity index (χ3n) is 3.20. The number of pyridine rings is 1. The molecule has 0 radical (unpaired) electrons. The molecule has 0 saturated heterocycles. The van der Waals surface area contributed by atoms with Crippen LogP contribution in [-0.4, -0.2) is 11.5 Å². The number of hydrogen-bond acceptors (Lipinski definition) is 3. The Morgan fingerprint density at radius 2 is 2.00 bits per heavy atom. The molecule has 0 aliphatic heterocycles. The number of furan rings is 1. The fourth-order valence-corrected chi connectivity index (χ4v) is 2.28. The Bertz CT molecular complexity index is 683. The van der Waals surface area contributed by atoms with E-state index in [1.165, 1.54) is 0 Å². The molecule has 0 amide bonds. The van der Waals surface area contributed by atoms with Gasteiger partial charge in [0.1, 0.15) is 5.76 Å². The summed E-state index contributed by atoms with van der Waals surface area (Å²) in [5.41, 5.74) is 3.26. The largest absolute Gasteiger partial charge is 0.467 e. The number of benzene rings is 1. The molecule has 0 bridgehead atoms. The lowest BCUT2D eigenvalue weighted by molar-refractivity contribution is 0.489. The van der Waals surface area contributed by atoms with Gasteiger partial charge >= 0.3 is 0 Å². The van der Waals surface area contributed by atoms with Crippen LogP contribution >= 0.6 is 0 Å². The second-order valence-corrected chi connectivity index (χ2v) is 4.42. The SMILES string of the molecule is CCNCc1occc1-c1cccc2cccnc12. The summed E-state index contributed by atoms with van der Waals surface area (Å²) in [4.78, 5) is 4.50. The van der Waals surface area contributed by atoms with E-state index in [2.05, 4.69) is 41.5 Å². The van der Waals surface area contributed by atoms with Crippen molar-refractivity contribution in [2.45, 2.75) is 13.5 Å². The first kappa shape index (κ1) is 11.9. The number of rotatable bonds is 4. The normalized spacial score (nSPS) is 11.0. The zero-order valence-electron chi connectivity index (χ0n) is 10.9. The highest BCUT2D eigenvalue weighted by Crippen LogP contribution is 2.30. The predicted octanol–water partition coefficient (Wildman–Crippen LogP) is 3.60. The van der Waals surface area contributed by atoms with Crippen LogP contribution in [0.1, 0.15) is 12.7 Å². The van der Waals surface area contributed by atoms with Crippen molar-refractivity contribution in [3.8, 4) is 11.1 Å². The third-order valence-corrected chi connectivity index (χ3v) is 3.20. The van der Waals surface area contributed by atoms with Crippen LogP contribution in [0.4, 0.5) is 0 Å². The zero-order chi connectivity index (χ0) is 13.1. The molecule has 0 spiro atoms. The van der Waals surface area contributed by atoms with Crippen LogP contribution in [0.15, 0.2) is 53.3 Å². The van der Waals surface area contributed by atoms with Crippen LogP contribution in [0.3, 0.4) is 0 Å². The third kappa shape index (κ3) is 2.25. The molecule has 1 aromatic carbocycles. The molecule has 2 heterocycles. The van der Waals surface area contributed by atoms with E-state index >= 15 is 0 Å². The second-order valence-electron chi connectivity index (χ2n) is 4.42. The summed E-state index contributed by atoms with van der Waals surface area (Å²) in [5, 5.41) is 4.44. The monoisotopic (exact) mass is 252 g/mol. The average Bonchev–Trinajstić information content (AvgIpc) is 2.92. The molecule has 0 saturated carbocycles. The number of fused-ring (bicyclic) bond motifs is 1. The van der Waals surface area contributed by atoms with Gasteiger partial charge in [0.05, 0.1) is 18.3 Å². The molecule has 3 aromatic rings. The van der Waals surface area contributed by atoms with Crippen molar-refractivity contribution < 1.29 is 4.42 Å². The van der Waals surface area contributed by atoms with Crippen LogP contribution in [0.25, 0.3) is 22.0 Å². The highest BCUT2D eigenvalue weighted by molar-refractivity contribution is 5.93. The van der Waals surface area contributed by atoms with Crippen molar-refractivity contribution in [1.29, 1.82) is 0 Å². The van der Waals surface area contributed by atoms with Crippen LogP contribution in [0.2, 0.25) is 0 Å². The number of nitrogens with zero attached hydrogens (tertiary/aromatic N) is 1. The zero-order valence-corrected chi connectivity index (χ0v) is 10.9. The van der Waals surface area contributed by atoms with E-state index in [1.54, 1.807) is 6.26 Å². The van der Waals surface area contributed by atoms with E-state index in [0.29, 0.717) is 0 Å². The quantitative estimate of drug-likeness (QED) is 0.771. The van der Waals surface area contributed by atoms with Gasteiger partial charge in [0, 0.05) is 22.7 Å². The Morgan fingerprint density at radius 1 is 1.11 bits per heavy atom. The number of hydrogen-bond donors (Lipinski definition) is 1. The Hall–Kier alpha value is -2.13. The molecule has 3 nitrogen and oxygen atoms in total. The van der Waals surface area contributed by atoms with E-state index in [-0.39, 0.29) is 0 Å². The Balaban J connectivity index is 2.12. The lowest BCUT2D eigenvalue weighted by Gasteiger charge is -2.06. The Labute approximate surface area is 112 Å². The summed E-state index contributed by atoms with van der Waals surface area (Å²) >= 11 is 0. The first-order chi connectivity index (χ1) is 9.40. The van der Waals surface area contributed by atoms with Gasteiger partial charge in [-0.1, -0.05) is 31.2 Å². The van der Waals surface area contributed by atoms with Gasteiger partial charge in [0.15, 0.2) is 0 Å². The molecule has 3 rings (SSSR count). The molecule has 0 atom stereocenters. The fraction of sp³-hybridized carbons (Fsp3) is 0.188. The molecule has 19 heavy (non-hydrogen) atoms. The maximum atomic E-state index is 5.58. The molecule has 0 aliphatic rings. The lowest BCUT2D eigenvalue weighted by Crippen LogP contribution is -2.11. The fourth-order valence-electron chi connectivity index (χ4n) is 2.28. The molecule has 2 aromatic heterocycles. The van der Waals surface area contributed by atoms with Gasteiger partial charge in [-0.15, -0.1) is 0 Å². The summed E-state index contributed by atoms with van der Waals surface area (Å²) in [6, 6.07) is 12.3. The summed E-state index contributed by atoms with van der Waals surface area (Å²) < 4.78 is 5.58. The highest BCUT2D eigenvalue weighted by Gasteiger charge is 2.11. The molecule has 0 aliphatic carbocycles. The molecular formula is C16H16N2O. The molecular weight excluding hydrogens is 236 g/mol. The molecule has 0 unspecified atom stereocenters. The maximum absolute atomic E-state index is 5.58. The first-order valence-electron chi connectivity index (χ1n) is 6.51. The standard InChI is InChI=1S/C16H16N2O/c1-2-17-11-15-13(8-10-19-15)14-7-3-5-12-6-4-9-18-16(12)14/h3-10,17H,2,11H2,1H3. The van der Waals surface area contributed by atoms with Crippen molar-refractivity contribution >= 4 is 10.9 Å². The van der Waals surface area contributed by atoms with Gasteiger partial charge in [0.25, 0.3) is 0 Å². The molecule has 1 N–H and O–H groups in total. The van der Waals surface area contributed by atoms with Crippen LogP contribution in [0.5, 0.6) is 0 Å². The van der Waals surface area contributed by atoms with E-state index < -0.39 is 0 Å². The minimum absolute atomic E-state index is 0.738. The van der Waals surface area contributed by atoms with Gasteiger partial charge in [-0.05, 0) is 18.7 Å². The summed E-state index contributed by atoms with van der Waals surface area (Å²) in [5.74, 6) is 0.958. The van der Waals surface area contributed by atoms with Gasteiger partial charge in [-0.2, -0.15) is 0 Å². The van der Waals surface area contributed by atoms with Crippen molar-refractivity contribution in [2.24, 2.45) is 0 Å². The van der Waals surface area contributed by atoms with Crippen molar-refractivity contribution in [3.05, 3.63) is 54.6 Å². The highest BCUT2D eigenvalue weighted by atomic mass is 16.3. The topological polar surface area (TPSA) is 38.1 Å². The number of para-hydroxylation sites is 1. The summed E-state index contributed by atoms with van der Waals surface area (Å²) in [6.45, 7) is 3.75. The Morgan fingerprint density at radius 3 is 2.89 bits per heavy atom. The maximum Gasteiger partial charge on any atom is 0.125 e. The summed E-state index contributed by atoms with van der Waals surface area (Å²) in [6.07, 6.45) is 3.57. The first-order valence-corrected chi connectivity index (χ1v) is 6.51. The molecule has 3 heteroatoms. The van der Waals surface area contributed by atoms with Crippen LogP contribution < -0.4 is 5.32 Å². The molecule has 0 fully saturated rings. The second kappa shape index (κ2) is 5.24. The smallest absolute Gasteiger partial charge is 0.125 e. The van der Waals surface area contributed by atoms with Crippen LogP contribution in [0, 0.1) is 0 Å². The Kier molecular flexibility index (Phi) is 3.29. The van der Waals surface area contributed by atoms with Crippen LogP contribution in [-0.2, 0) is 6.54 Å². The van der Waals surface area contributed by atoms with Gasteiger partial charge < -0.3 is 9.73 Å². The van der Waals surface area contributed by atoms with Crippen molar-refractivity contribution in [1.82, 2.24) is 10.3 Å². The van der Waals surface area contributed by atoms with E-state index in [1.807, 2.05) is 18.3 Å². The average molecular weight is 252 g/mol. The lowest BCUT2D eigenvalue weighted by atomic mass is 10.0.